The van der Waals surface area contributed by atoms with Crippen LogP contribution in [0.25, 0.3) is 0 Å². The molecule has 0 amide bonds. The first-order valence-electron chi connectivity index (χ1n) is 6.51. The summed E-state index contributed by atoms with van der Waals surface area (Å²) < 4.78 is 5.74. The lowest BCUT2D eigenvalue weighted by Gasteiger charge is -2.36. The van der Waals surface area contributed by atoms with Gasteiger partial charge >= 0.3 is 0 Å². The van der Waals surface area contributed by atoms with Crippen LogP contribution in [0.5, 0.6) is 0 Å². The Hall–Kier alpha value is -0.800. The van der Waals surface area contributed by atoms with E-state index in [0.717, 1.165) is 23.6 Å². The Balaban J connectivity index is 1.93. The average molecular weight is 236 g/mol. The maximum Gasteiger partial charge on any atom is 0.118 e. The van der Waals surface area contributed by atoms with Gasteiger partial charge in [-0.15, -0.1) is 0 Å². The standard InChI is InChI=1S/C14H24N2O/c1-11-12(9-15)8-13(17-11)10-16-6-4-14(2,3)5-7-16/h8H,4-7,9-10,15H2,1-3H3. The Kier molecular flexibility index (Phi) is 3.59. The van der Waals surface area contributed by atoms with Crippen LogP contribution in [0.4, 0.5) is 0 Å². The van der Waals surface area contributed by atoms with Gasteiger partial charge in [-0.2, -0.15) is 0 Å². The van der Waals surface area contributed by atoms with Crippen LogP contribution in [-0.4, -0.2) is 18.0 Å². The summed E-state index contributed by atoms with van der Waals surface area (Å²) in [7, 11) is 0. The van der Waals surface area contributed by atoms with Gasteiger partial charge in [0.1, 0.15) is 11.5 Å². The van der Waals surface area contributed by atoms with Gasteiger partial charge in [0, 0.05) is 12.1 Å². The Bertz CT molecular complexity index is 372. The van der Waals surface area contributed by atoms with Gasteiger partial charge in [0.15, 0.2) is 0 Å². The smallest absolute Gasteiger partial charge is 0.118 e. The van der Waals surface area contributed by atoms with E-state index in [2.05, 4.69) is 24.8 Å². The SMILES string of the molecule is Cc1oc(CN2CCC(C)(C)CC2)cc1CN. The van der Waals surface area contributed by atoms with Crippen molar-refractivity contribution in [3.8, 4) is 0 Å². The van der Waals surface area contributed by atoms with Gasteiger partial charge in [-0.05, 0) is 44.3 Å². The van der Waals surface area contributed by atoms with E-state index in [1.807, 2.05) is 6.92 Å². The fourth-order valence-electron chi connectivity index (χ4n) is 2.41. The Morgan fingerprint density at radius 2 is 2.00 bits per heavy atom. The van der Waals surface area contributed by atoms with Crippen LogP contribution in [0.15, 0.2) is 10.5 Å². The third-order valence-corrected chi connectivity index (χ3v) is 3.88. The largest absolute Gasteiger partial charge is 0.465 e. The van der Waals surface area contributed by atoms with E-state index in [1.54, 1.807) is 0 Å². The molecule has 2 heterocycles. The number of hydrogen-bond acceptors (Lipinski definition) is 3. The first-order valence-corrected chi connectivity index (χ1v) is 6.51. The molecule has 3 heteroatoms. The molecule has 0 radical (unpaired) electrons. The number of nitrogens with zero attached hydrogens (tertiary/aromatic N) is 1. The quantitative estimate of drug-likeness (QED) is 0.877. The van der Waals surface area contributed by atoms with Crippen molar-refractivity contribution in [2.24, 2.45) is 11.1 Å². The van der Waals surface area contributed by atoms with Crippen molar-refractivity contribution >= 4 is 0 Å². The van der Waals surface area contributed by atoms with E-state index in [4.69, 9.17) is 10.2 Å². The molecule has 0 bridgehead atoms. The fourth-order valence-corrected chi connectivity index (χ4v) is 2.41. The first-order chi connectivity index (χ1) is 8.00. The molecule has 1 aliphatic rings. The van der Waals surface area contributed by atoms with Gasteiger partial charge in [-0.1, -0.05) is 13.8 Å². The van der Waals surface area contributed by atoms with E-state index < -0.39 is 0 Å². The minimum Gasteiger partial charge on any atom is -0.465 e. The van der Waals surface area contributed by atoms with Crippen LogP contribution in [0, 0.1) is 12.3 Å². The summed E-state index contributed by atoms with van der Waals surface area (Å²) in [5.74, 6) is 2.03. The highest BCUT2D eigenvalue weighted by molar-refractivity contribution is 5.20. The summed E-state index contributed by atoms with van der Waals surface area (Å²) in [6.45, 7) is 10.5. The molecule has 0 spiro atoms. The highest BCUT2D eigenvalue weighted by atomic mass is 16.3. The van der Waals surface area contributed by atoms with Crippen molar-refractivity contribution in [3.05, 3.63) is 23.2 Å². The van der Waals surface area contributed by atoms with Gasteiger partial charge in [-0.25, -0.2) is 0 Å². The molecule has 17 heavy (non-hydrogen) atoms. The van der Waals surface area contributed by atoms with E-state index >= 15 is 0 Å². The number of furan rings is 1. The minimum absolute atomic E-state index is 0.512. The number of rotatable bonds is 3. The molecule has 1 fully saturated rings. The minimum atomic E-state index is 0.512. The molecule has 1 aliphatic heterocycles. The highest BCUT2D eigenvalue weighted by Crippen LogP contribution is 2.30. The van der Waals surface area contributed by atoms with E-state index in [9.17, 15) is 0 Å². The van der Waals surface area contributed by atoms with Crippen LogP contribution in [0.3, 0.4) is 0 Å². The number of likely N-dealkylation sites (tertiary alicyclic amines) is 1. The Morgan fingerprint density at radius 1 is 1.35 bits per heavy atom. The monoisotopic (exact) mass is 236 g/mol. The van der Waals surface area contributed by atoms with Gasteiger partial charge in [0.05, 0.1) is 6.54 Å². The van der Waals surface area contributed by atoms with Crippen LogP contribution >= 0.6 is 0 Å². The Morgan fingerprint density at radius 3 is 2.53 bits per heavy atom. The molecule has 2 N–H and O–H groups in total. The maximum absolute atomic E-state index is 5.74. The summed E-state index contributed by atoms with van der Waals surface area (Å²) in [4.78, 5) is 2.48. The molecule has 1 saturated heterocycles. The first kappa shape index (κ1) is 12.7. The predicted octanol–water partition coefficient (Wildman–Crippen LogP) is 2.67. The summed E-state index contributed by atoms with van der Waals surface area (Å²) >= 11 is 0. The van der Waals surface area contributed by atoms with E-state index in [1.165, 1.54) is 25.9 Å². The lowest BCUT2D eigenvalue weighted by atomic mass is 9.83. The number of nitrogens with two attached hydrogens (primary N) is 1. The molecular formula is C14H24N2O. The van der Waals surface area contributed by atoms with Crippen molar-refractivity contribution in [3.63, 3.8) is 0 Å². The zero-order chi connectivity index (χ0) is 12.5. The maximum atomic E-state index is 5.74. The summed E-state index contributed by atoms with van der Waals surface area (Å²) in [5, 5.41) is 0. The summed E-state index contributed by atoms with van der Waals surface area (Å²) in [6.07, 6.45) is 2.55. The van der Waals surface area contributed by atoms with Crippen LogP contribution in [-0.2, 0) is 13.1 Å². The fraction of sp³-hybridized carbons (Fsp3) is 0.714. The molecule has 0 atom stereocenters. The molecule has 0 saturated carbocycles. The zero-order valence-electron chi connectivity index (χ0n) is 11.3. The average Bonchev–Trinajstić information content (AvgIpc) is 2.62. The lowest BCUT2D eigenvalue weighted by molar-refractivity contribution is 0.120. The highest BCUT2D eigenvalue weighted by Gasteiger charge is 2.25. The molecule has 2 rings (SSSR count). The molecular weight excluding hydrogens is 212 g/mol. The third kappa shape index (κ3) is 3.11. The molecule has 1 aromatic heterocycles. The van der Waals surface area contributed by atoms with Crippen molar-refractivity contribution < 1.29 is 4.42 Å². The van der Waals surface area contributed by atoms with Crippen LogP contribution < -0.4 is 5.73 Å². The van der Waals surface area contributed by atoms with E-state index in [-0.39, 0.29) is 0 Å². The summed E-state index contributed by atoms with van der Waals surface area (Å²) in [5.41, 5.74) is 7.31. The predicted molar refractivity (Wildman–Crippen MR) is 69.6 cm³/mol. The van der Waals surface area contributed by atoms with Crippen LogP contribution in [0.1, 0.15) is 43.8 Å². The summed E-state index contributed by atoms with van der Waals surface area (Å²) in [6, 6.07) is 2.11. The van der Waals surface area contributed by atoms with Crippen molar-refractivity contribution in [1.29, 1.82) is 0 Å². The lowest BCUT2D eigenvalue weighted by Crippen LogP contribution is -2.36. The molecule has 0 aliphatic carbocycles. The van der Waals surface area contributed by atoms with Gasteiger partial charge in [-0.3, -0.25) is 4.90 Å². The second-order valence-electron chi connectivity index (χ2n) is 5.94. The molecule has 3 nitrogen and oxygen atoms in total. The van der Waals surface area contributed by atoms with Crippen molar-refractivity contribution in [2.75, 3.05) is 13.1 Å². The third-order valence-electron chi connectivity index (χ3n) is 3.88. The number of aryl methyl sites for hydroxylation is 1. The normalized spacial score (nSPS) is 20.7. The van der Waals surface area contributed by atoms with Gasteiger partial charge in [0.25, 0.3) is 0 Å². The second-order valence-corrected chi connectivity index (χ2v) is 5.94. The van der Waals surface area contributed by atoms with Gasteiger partial charge < -0.3 is 10.2 Å². The van der Waals surface area contributed by atoms with E-state index in [0.29, 0.717) is 12.0 Å². The second kappa shape index (κ2) is 4.83. The molecule has 0 unspecified atom stereocenters. The topological polar surface area (TPSA) is 42.4 Å². The molecule has 0 aromatic carbocycles. The zero-order valence-corrected chi connectivity index (χ0v) is 11.3. The van der Waals surface area contributed by atoms with Crippen molar-refractivity contribution in [2.45, 2.75) is 46.7 Å². The molecule has 96 valence electrons. The number of piperidine rings is 1. The molecule has 1 aromatic rings. The van der Waals surface area contributed by atoms with Gasteiger partial charge in [0.2, 0.25) is 0 Å². The van der Waals surface area contributed by atoms with Crippen LogP contribution in [0.2, 0.25) is 0 Å². The number of hydrogen-bond donors (Lipinski definition) is 1. The Labute approximate surface area is 104 Å². The van der Waals surface area contributed by atoms with Crippen molar-refractivity contribution in [1.82, 2.24) is 4.90 Å².